The van der Waals surface area contributed by atoms with Crippen LogP contribution in [0.1, 0.15) is 32.3 Å². The van der Waals surface area contributed by atoms with Gasteiger partial charge in [0, 0.05) is 12.0 Å². The van der Waals surface area contributed by atoms with E-state index in [2.05, 4.69) is 32.2 Å². The molecule has 0 atom stereocenters. The van der Waals surface area contributed by atoms with Crippen molar-refractivity contribution >= 4 is 5.69 Å². The van der Waals surface area contributed by atoms with Crippen LogP contribution < -0.4 is 10.1 Å². The number of anilines is 1. The summed E-state index contributed by atoms with van der Waals surface area (Å²) >= 11 is 0. The Morgan fingerprint density at radius 3 is 2.44 bits per heavy atom. The van der Waals surface area contributed by atoms with Gasteiger partial charge in [-0.25, -0.2) is 0 Å². The Morgan fingerprint density at radius 1 is 1.28 bits per heavy atom. The average Bonchev–Trinajstić information content (AvgIpc) is 2.41. The van der Waals surface area contributed by atoms with E-state index in [1.165, 1.54) is 5.56 Å². The van der Waals surface area contributed by atoms with E-state index in [4.69, 9.17) is 4.74 Å². The zero-order valence-corrected chi connectivity index (χ0v) is 11.9. The molecule has 1 aromatic rings. The Kier molecular flexibility index (Phi) is 5.48. The summed E-state index contributed by atoms with van der Waals surface area (Å²) in [5.41, 5.74) is 2.15. The normalized spacial score (nSPS) is 11.4. The predicted molar refractivity (Wildman–Crippen MR) is 76.3 cm³/mol. The van der Waals surface area contributed by atoms with E-state index in [0.29, 0.717) is 0 Å². The van der Waals surface area contributed by atoms with Crippen LogP contribution in [0, 0.1) is 12.3 Å². The molecule has 0 aliphatic heterocycles. The molecule has 0 amide bonds. The largest absolute Gasteiger partial charge is 0.495 e. The van der Waals surface area contributed by atoms with Crippen LogP contribution in [0.5, 0.6) is 5.75 Å². The van der Waals surface area contributed by atoms with Crippen LogP contribution in [0.25, 0.3) is 0 Å². The van der Waals surface area contributed by atoms with Gasteiger partial charge in [-0.15, -0.1) is 0 Å². The third-order valence-electron chi connectivity index (χ3n) is 3.84. The van der Waals surface area contributed by atoms with Crippen LogP contribution in [0.4, 0.5) is 5.69 Å². The summed E-state index contributed by atoms with van der Waals surface area (Å²) in [4.78, 5) is 0. The third kappa shape index (κ3) is 3.39. The second-order valence-corrected chi connectivity index (χ2v) is 4.92. The van der Waals surface area contributed by atoms with Gasteiger partial charge in [0.2, 0.25) is 0 Å². The molecule has 1 aromatic carbocycles. The maximum Gasteiger partial charge on any atom is 0.141 e. The van der Waals surface area contributed by atoms with E-state index in [1.54, 1.807) is 7.11 Å². The Morgan fingerprint density at radius 2 is 1.94 bits per heavy atom. The van der Waals surface area contributed by atoms with Gasteiger partial charge in [-0.3, -0.25) is 0 Å². The number of aliphatic hydroxyl groups is 1. The van der Waals surface area contributed by atoms with E-state index in [0.717, 1.165) is 30.8 Å². The van der Waals surface area contributed by atoms with E-state index < -0.39 is 0 Å². The second kappa shape index (κ2) is 6.64. The van der Waals surface area contributed by atoms with Crippen LogP contribution in [0.2, 0.25) is 0 Å². The molecule has 18 heavy (non-hydrogen) atoms. The molecular weight excluding hydrogens is 226 g/mol. The van der Waals surface area contributed by atoms with E-state index >= 15 is 0 Å². The average molecular weight is 251 g/mol. The first-order valence-electron chi connectivity index (χ1n) is 6.60. The van der Waals surface area contributed by atoms with Gasteiger partial charge in [-0.2, -0.15) is 0 Å². The summed E-state index contributed by atoms with van der Waals surface area (Å²) < 4.78 is 5.34. The van der Waals surface area contributed by atoms with Crippen molar-refractivity contribution in [3.05, 3.63) is 23.8 Å². The summed E-state index contributed by atoms with van der Waals surface area (Å²) in [6.07, 6.45) is 1.92. The van der Waals surface area contributed by atoms with Crippen molar-refractivity contribution in [3.63, 3.8) is 0 Å². The molecule has 0 saturated heterocycles. The number of hydrogen-bond acceptors (Lipinski definition) is 3. The molecule has 0 aliphatic carbocycles. The first-order valence-corrected chi connectivity index (χ1v) is 6.60. The van der Waals surface area contributed by atoms with Gasteiger partial charge in [0.1, 0.15) is 5.75 Å². The van der Waals surface area contributed by atoms with Crippen LogP contribution >= 0.6 is 0 Å². The maximum atomic E-state index is 9.56. The highest BCUT2D eigenvalue weighted by atomic mass is 16.5. The van der Waals surface area contributed by atoms with Crippen molar-refractivity contribution in [2.75, 3.05) is 25.6 Å². The highest BCUT2D eigenvalue weighted by Crippen LogP contribution is 2.30. The molecule has 1 rings (SSSR count). The van der Waals surface area contributed by atoms with Crippen molar-refractivity contribution in [2.24, 2.45) is 5.41 Å². The molecule has 0 fully saturated rings. The number of aryl methyl sites for hydroxylation is 1. The van der Waals surface area contributed by atoms with E-state index in [-0.39, 0.29) is 12.0 Å². The van der Waals surface area contributed by atoms with Crippen molar-refractivity contribution in [1.82, 2.24) is 0 Å². The van der Waals surface area contributed by atoms with Gasteiger partial charge in [0.25, 0.3) is 0 Å². The molecule has 2 N–H and O–H groups in total. The molecule has 0 bridgehead atoms. The Hall–Kier alpha value is -1.22. The van der Waals surface area contributed by atoms with Gasteiger partial charge >= 0.3 is 0 Å². The number of aliphatic hydroxyl groups excluding tert-OH is 1. The van der Waals surface area contributed by atoms with Crippen molar-refractivity contribution in [1.29, 1.82) is 0 Å². The molecular formula is C15H25NO2. The lowest BCUT2D eigenvalue weighted by Crippen LogP contribution is -2.32. The quantitative estimate of drug-likeness (QED) is 0.782. The van der Waals surface area contributed by atoms with Crippen molar-refractivity contribution in [2.45, 2.75) is 33.6 Å². The Labute approximate surface area is 110 Å². The molecule has 102 valence electrons. The fourth-order valence-electron chi connectivity index (χ4n) is 2.02. The van der Waals surface area contributed by atoms with Gasteiger partial charge < -0.3 is 15.2 Å². The molecule has 0 radical (unpaired) electrons. The first kappa shape index (κ1) is 14.8. The molecule has 0 saturated carbocycles. The number of nitrogens with one attached hydrogen (secondary N) is 1. The third-order valence-corrected chi connectivity index (χ3v) is 3.84. The molecule has 0 unspecified atom stereocenters. The Bertz CT molecular complexity index is 364. The number of hydrogen-bond donors (Lipinski definition) is 2. The van der Waals surface area contributed by atoms with Crippen molar-refractivity contribution < 1.29 is 9.84 Å². The topological polar surface area (TPSA) is 41.5 Å². The van der Waals surface area contributed by atoms with Crippen LogP contribution in [-0.4, -0.2) is 25.4 Å². The lowest BCUT2D eigenvalue weighted by atomic mass is 9.83. The highest BCUT2D eigenvalue weighted by molar-refractivity contribution is 5.58. The minimum absolute atomic E-state index is 0.0469. The predicted octanol–water partition coefficient (Wildman–Crippen LogP) is 3.21. The lowest BCUT2D eigenvalue weighted by molar-refractivity contribution is 0.127. The fourth-order valence-corrected chi connectivity index (χ4v) is 2.02. The van der Waals surface area contributed by atoms with Crippen LogP contribution in [0.15, 0.2) is 18.2 Å². The van der Waals surface area contributed by atoms with Gasteiger partial charge in [-0.05, 0) is 37.5 Å². The minimum Gasteiger partial charge on any atom is -0.495 e. The second-order valence-electron chi connectivity index (χ2n) is 4.92. The lowest BCUT2D eigenvalue weighted by Gasteiger charge is -2.30. The number of methoxy groups -OCH3 is 1. The maximum absolute atomic E-state index is 9.56. The summed E-state index contributed by atoms with van der Waals surface area (Å²) in [6, 6.07) is 6.07. The number of ether oxygens (including phenoxy) is 1. The molecule has 0 heterocycles. The van der Waals surface area contributed by atoms with Gasteiger partial charge in [0.15, 0.2) is 0 Å². The Balaban J connectivity index is 2.81. The number of rotatable bonds is 7. The molecule has 0 aliphatic rings. The monoisotopic (exact) mass is 251 g/mol. The highest BCUT2D eigenvalue weighted by Gasteiger charge is 2.25. The molecule has 3 nitrogen and oxygen atoms in total. The standard InChI is InChI=1S/C15H25NO2/c1-5-15(6-2,11-17)10-16-13-9-12(3)7-8-14(13)18-4/h7-9,16-17H,5-6,10-11H2,1-4H3. The van der Waals surface area contributed by atoms with E-state index in [1.807, 2.05) is 12.1 Å². The first-order chi connectivity index (χ1) is 8.60. The minimum atomic E-state index is -0.0469. The van der Waals surface area contributed by atoms with Crippen LogP contribution in [-0.2, 0) is 0 Å². The van der Waals surface area contributed by atoms with Crippen molar-refractivity contribution in [3.8, 4) is 5.75 Å². The molecule has 3 heteroatoms. The van der Waals surface area contributed by atoms with Gasteiger partial charge in [-0.1, -0.05) is 19.9 Å². The van der Waals surface area contributed by atoms with Gasteiger partial charge in [0.05, 0.1) is 19.4 Å². The molecule has 0 aromatic heterocycles. The van der Waals surface area contributed by atoms with E-state index in [9.17, 15) is 5.11 Å². The SMILES string of the molecule is CCC(CC)(CO)CNc1cc(C)ccc1OC. The van der Waals surface area contributed by atoms with Crippen LogP contribution in [0.3, 0.4) is 0 Å². The fraction of sp³-hybridized carbons (Fsp3) is 0.600. The number of benzene rings is 1. The zero-order chi connectivity index (χ0) is 13.6. The summed E-state index contributed by atoms with van der Waals surface area (Å²) in [7, 11) is 1.68. The summed E-state index contributed by atoms with van der Waals surface area (Å²) in [5.74, 6) is 0.847. The smallest absolute Gasteiger partial charge is 0.141 e. The zero-order valence-electron chi connectivity index (χ0n) is 11.9. The summed E-state index contributed by atoms with van der Waals surface area (Å²) in [6.45, 7) is 7.27. The summed E-state index contributed by atoms with van der Waals surface area (Å²) in [5, 5.41) is 13.0. The molecule has 0 spiro atoms.